The van der Waals surface area contributed by atoms with Crippen molar-refractivity contribution >= 4 is 71.6 Å². The molecule has 0 spiro atoms. The Bertz CT molecular complexity index is 1090. The number of aliphatic carboxylic acids is 12. The van der Waals surface area contributed by atoms with Gasteiger partial charge in [0.05, 0.1) is 62.5 Å². The van der Waals surface area contributed by atoms with Gasteiger partial charge in [-0.3, -0.25) is 63.9 Å². The molecule has 0 aliphatic rings. The molecule has 0 fully saturated rings. The van der Waals surface area contributed by atoms with Crippen LogP contribution in [0.5, 0.6) is 0 Å². The zero-order chi connectivity index (χ0) is 40.8. The average Bonchev–Trinajstić information content (AvgIpc) is 2.93. The van der Waals surface area contributed by atoms with Crippen molar-refractivity contribution in [3.8, 4) is 0 Å². The van der Waals surface area contributed by atoms with E-state index in [9.17, 15) is 67.7 Å². The van der Waals surface area contributed by atoms with Crippen molar-refractivity contribution in [3.05, 3.63) is 0 Å². The first-order chi connectivity index (χ1) is 23.2. The van der Waals surface area contributed by atoms with Crippen LogP contribution in [0.25, 0.3) is 0 Å². The SMILES string of the molecule is N.O=C(O)CC(NC(CC(=O)O)C(=O)O)C(=O)O.O=C(O)CC(NC(CC(=O)O)C(=O)O)C(=O)[O-].O=C(O)CC(NC(CC(=O)O)C(=O)O)C(=O)[O-].[K+].[K+]. The molecular weight excluding hydrogens is 806 g/mol. The van der Waals surface area contributed by atoms with Crippen molar-refractivity contribution in [2.24, 2.45) is 0 Å². The number of hydrogen-bond donors (Lipinski definition) is 14. The molecule has 30 heteroatoms. The van der Waals surface area contributed by atoms with Crippen molar-refractivity contribution in [1.29, 1.82) is 0 Å². The molecule has 0 aromatic carbocycles. The molecule has 6 atom stereocenters. The van der Waals surface area contributed by atoms with E-state index >= 15 is 0 Å². The van der Waals surface area contributed by atoms with E-state index in [0.717, 1.165) is 0 Å². The van der Waals surface area contributed by atoms with Gasteiger partial charge in [-0.05, 0) is 0 Å². The first-order valence-electron chi connectivity index (χ1n) is 13.1. The topological polar surface area (TPSA) is 524 Å². The Balaban J connectivity index is -0.000000156. The molecule has 0 radical (unpaired) electrons. The summed E-state index contributed by atoms with van der Waals surface area (Å²) in [7, 11) is 0. The number of hydrogen-bond acceptors (Lipinski definition) is 18. The van der Waals surface area contributed by atoms with Crippen LogP contribution in [0.4, 0.5) is 0 Å². The first kappa shape index (κ1) is 62.7. The maximum Gasteiger partial charge on any atom is 1.00 e. The third-order valence-corrected chi connectivity index (χ3v) is 5.24. The summed E-state index contributed by atoms with van der Waals surface area (Å²) in [4.78, 5) is 125. The maximum atomic E-state index is 10.6. The van der Waals surface area contributed by atoms with E-state index < -0.39 is 146 Å². The van der Waals surface area contributed by atoms with Gasteiger partial charge in [-0.15, -0.1) is 0 Å². The summed E-state index contributed by atoms with van der Waals surface area (Å²) in [5, 5.41) is 111. The molecule has 16 N–H and O–H groups in total. The van der Waals surface area contributed by atoms with Crippen molar-refractivity contribution in [1.82, 2.24) is 22.1 Å². The molecule has 0 bridgehead atoms. The minimum absolute atomic E-state index is 0. The van der Waals surface area contributed by atoms with Gasteiger partial charge in [0, 0.05) is 0 Å². The zero-order valence-corrected chi connectivity index (χ0v) is 34.3. The van der Waals surface area contributed by atoms with E-state index in [-0.39, 0.29) is 109 Å². The Morgan fingerprint density at radius 3 is 0.574 bits per heavy atom. The second kappa shape index (κ2) is 33.1. The monoisotopic (exact) mass is 840 g/mol. The largest absolute Gasteiger partial charge is 1.00 e. The zero-order valence-electron chi connectivity index (χ0n) is 28.1. The van der Waals surface area contributed by atoms with Gasteiger partial charge in [0.2, 0.25) is 0 Å². The summed E-state index contributed by atoms with van der Waals surface area (Å²) in [6.45, 7) is 0. The van der Waals surface area contributed by atoms with Gasteiger partial charge < -0.3 is 77.0 Å². The van der Waals surface area contributed by atoms with E-state index in [1.807, 2.05) is 16.0 Å². The van der Waals surface area contributed by atoms with Gasteiger partial charge in [-0.1, -0.05) is 0 Å². The minimum atomic E-state index is -1.82. The standard InChI is InChI=1S/3C8H11NO8.2K.H3N/c3*10-5(11)1-3(7(14)15)9-4(8(16)17)2-6(12)13;;;/h3*3-4,9H,1-2H2,(H,10,11)(H,12,13)(H,14,15)(H,16,17);;;1H3/q;;;2*+1;/p-2. The molecule has 0 aliphatic heterocycles. The van der Waals surface area contributed by atoms with Gasteiger partial charge in [-0.2, -0.15) is 0 Å². The molecule has 0 aromatic rings. The Labute approximate surface area is 385 Å². The molecular formula is C24H34K2N4O24. The molecule has 0 heterocycles. The molecule has 0 rings (SSSR count). The number of carbonyl (C=O) groups is 12. The van der Waals surface area contributed by atoms with E-state index in [1.165, 1.54) is 0 Å². The number of carbonyl (C=O) groups excluding carboxylic acids is 2. The van der Waals surface area contributed by atoms with Crippen LogP contribution in [0.3, 0.4) is 0 Å². The third-order valence-electron chi connectivity index (χ3n) is 5.24. The predicted octanol–water partition coefficient (Wildman–Crippen LogP) is -13.2. The van der Waals surface area contributed by atoms with E-state index in [4.69, 9.17) is 51.1 Å². The Hall–Kier alpha value is -3.25. The van der Waals surface area contributed by atoms with E-state index in [2.05, 4.69) is 0 Å². The Morgan fingerprint density at radius 1 is 0.333 bits per heavy atom. The Morgan fingerprint density at radius 2 is 0.463 bits per heavy atom. The number of nitrogens with one attached hydrogen (secondary N) is 3. The smallest absolute Gasteiger partial charge is 0.548 e. The van der Waals surface area contributed by atoms with Gasteiger partial charge in [0.1, 0.15) is 24.2 Å². The van der Waals surface area contributed by atoms with Crippen molar-refractivity contribution in [2.75, 3.05) is 0 Å². The fraction of sp³-hybridized carbons (Fsp3) is 0.500. The molecule has 28 nitrogen and oxygen atoms in total. The summed E-state index contributed by atoms with van der Waals surface area (Å²) in [6.07, 6.45) is -5.27. The van der Waals surface area contributed by atoms with Crippen LogP contribution in [-0.4, -0.2) is 159 Å². The summed E-state index contributed by atoms with van der Waals surface area (Å²) in [5.41, 5.74) is 0. The summed E-state index contributed by atoms with van der Waals surface area (Å²) in [6, 6.07) is -10.3. The van der Waals surface area contributed by atoms with Crippen LogP contribution in [-0.2, 0) is 57.5 Å². The van der Waals surface area contributed by atoms with Crippen LogP contribution in [0.1, 0.15) is 38.5 Å². The van der Waals surface area contributed by atoms with Crippen molar-refractivity contribution in [3.63, 3.8) is 0 Å². The normalized spacial score (nSPS) is 12.9. The maximum absolute atomic E-state index is 10.6. The fourth-order valence-corrected chi connectivity index (χ4v) is 3.07. The van der Waals surface area contributed by atoms with Crippen LogP contribution in [0.2, 0.25) is 0 Å². The molecule has 6 unspecified atom stereocenters. The van der Waals surface area contributed by atoms with Crippen molar-refractivity contribution in [2.45, 2.75) is 74.8 Å². The van der Waals surface area contributed by atoms with Crippen LogP contribution < -0.4 is 135 Å². The van der Waals surface area contributed by atoms with Gasteiger partial charge >= 0.3 is 162 Å². The molecule has 0 aliphatic carbocycles. The van der Waals surface area contributed by atoms with Crippen LogP contribution in [0, 0.1) is 0 Å². The summed E-state index contributed by atoms with van der Waals surface area (Å²) < 4.78 is 0. The fourth-order valence-electron chi connectivity index (χ4n) is 3.07. The quantitative estimate of drug-likeness (QED) is 0.0401. The van der Waals surface area contributed by atoms with Crippen LogP contribution in [0.15, 0.2) is 0 Å². The third kappa shape index (κ3) is 34.5. The van der Waals surface area contributed by atoms with Gasteiger partial charge in [0.25, 0.3) is 0 Å². The van der Waals surface area contributed by atoms with E-state index in [1.54, 1.807) is 0 Å². The number of carboxylic acid groups (broad SMARTS) is 12. The second-order valence-electron chi connectivity index (χ2n) is 9.39. The van der Waals surface area contributed by atoms with Crippen LogP contribution >= 0.6 is 0 Å². The van der Waals surface area contributed by atoms with Crippen molar-refractivity contribution < 1.29 is 222 Å². The first-order valence-corrected chi connectivity index (χ1v) is 13.1. The number of carboxylic acids is 12. The van der Waals surface area contributed by atoms with E-state index in [0.29, 0.717) is 0 Å². The molecule has 0 saturated carbocycles. The summed E-state index contributed by atoms with van der Waals surface area (Å²) >= 11 is 0. The summed E-state index contributed by atoms with van der Waals surface area (Å²) in [5.74, 6) is -18.7. The van der Waals surface area contributed by atoms with Gasteiger partial charge in [-0.25, -0.2) is 0 Å². The Kier molecular flexibility index (Phi) is 38.5. The average molecular weight is 841 g/mol. The molecule has 54 heavy (non-hydrogen) atoms. The second-order valence-corrected chi connectivity index (χ2v) is 9.39. The molecule has 296 valence electrons. The number of rotatable bonds is 24. The molecule has 0 aromatic heterocycles. The minimum Gasteiger partial charge on any atom is -0.548 e. The molecule has 0 saturated heterocycles. The predicted molar refractivity (Wildman–Crippen MR) is 151 cm³/mol. The molecule has 0 amide bonds. The van der Waals surface area contributed by atoms with Gasteiger partial charge in [0.15, 0.2) is 0 Å².